The molecule has 0 amide bonds. The smallest absolute Gasteiger partial charge is 0.310 e. The first-order chi connectivity index (χ1) is 18.1. The van der Waals surface area contributed by atoms with Gasteiger partial charge in [0.25, 0.3) is 0 Å². The monoisotopic (exact) mass is 506 g/mol. The Kier molecular flexibility index (Phi) is 10.2. The van der Waals surface area contributed by atoms with Crippen molar-refractivity contribution < 1.29 is 23.8 Å². The van der Waals surface area contributed by atoms with Crippen LogP contribution in [-0.4, -0.2) is 24.1 Å². The molecule has 0 N–H and O–H groups in total. The second kappa shape index (κ2) is 13.8. The Hall–Kier alpha value is -2.66. The highest BCUT2D eigenvalue weighted by Crippen LogP contribution is 2.45. The van der Waals surface area contributed by atoms with E-state index in [1.54, 1.807) is 0 Å². The first kappa shape index (κ1) is 27.4. The Balaban J connectivity index is 1.46. The summed E-state index contributed by atoms with van der Waals surface area (Å²) < 4.78 is 18.0. The zero-order valence-corrected chi connectivity index (χ0v) is 22.3. The van der Waals surface area contributed by atoms with Gasteiger partial charge in [0, 0.05) is 0 Å². The summed E-state index contributed by atoms with van der Waals surface area (Å²) >= 11 is 0. The topological polar surface area (TPSA) is 65.1 Å². The summed E-state index contributed by atoms with van der Waals surface area (Å²) in [6.07, 6.45) is 8.46. The minimum atomic E-state index is -0.541. The van der Waals surface area contributed by atoms with E-state index in [0.717, 1.165) is 62.5 Å². The van der Waals surface area contributed by atoms with E-state index in [-0.39, 0.29) is 36.4 Å². The Labute approximate surface area is 221 Å². The van der Waals surface area contributed by atoms with Crippen molar-refractivity contribution in [2.24, 2.45) is 11.8 Å². The van der Waals surface area contributed by atoms with Crippen LogP contribution in [0, 0.1) is 11.8 Å². The van der Waals surface area contributed by atoms with Crippen molar-refractivity contribution >= 4 is 11.9 Å². The number of epoxide rings is 1. The van der Waals surface area contributed by atoms with Gasteiger partial charge < -0.3 is 14.2 Å². The third-order valence-corrected chi connectivity index (χ3v) is 7.75. The lowest BCUT2D eigenvalue weighted by atomic mass is 9.79. The van der Waals surface area contributed by atoms with Gasteiger partial charge in [0.15, 0.2) is 0 Å². The molecule has 2 aromatic rings. The predicted molar refractivity (Wildman–Crippen MR) is 144 cm³/mol. The fourth-order valence-electron chi connectivity index (χ4n) is 5.48. The molecule has 1 saturated carbocycles. The molecular weight excluding hydrogens is 464 g/mol. The third kappa shape index (κ3) is 7.67. The summed E-state index contributed by atoms with van der Waals surface area (Å²) in [6, 6.07) is 19.9. The van der Waals surface area contributed by atoms with Crippen LogP contribution in [0.4, 0.5) is 0 Å². The largest absolute Gasteiger partial charge is 0.457 e. The fourth-order valence-corrected chi connectivity index (χ4v) is 5.48. The number of ether oxygens (including phenoxy) is 3. The van der Waals surface area contributed by atoms with Crippen LogP contribution in [0.25, 0.3) is 0 Å². The van der Waals surface area contributed by atoms with Crippen molar-refractivity contribution in [3.63, 3.8) is 0 Å². The number of fused-ring (bicyclic) bond motifs is 1. The van der Waals surface area contributed by atoms with E-state index in [1.807, 2.05) is 60.7 Å². The maximum atomic E-state index is 13.6. The molecule has 1 aliphatic heterocycles. The van der Waals surface area contributed by atoms with Crippen molar-refractivity contribution in [2.45, 2.75) is 102 Å². The quantitative estimate of drug-likeness (QED) is 0.151. The Bertz CT molecular complexity index is 896. The molecule has 0 aromatic heterocycles. The van der Waals surface area contributed by atoms with E-state index in [9.17, 15) is 9.59 Å². The van der Waals surface area contributed by atoms with E-state index in [0.29, 0.717) is 12.8 Å². The Morgan fingerprint density at radius 2 is 1.11 bits per heavy atom. The molecule has 1 heterocycles. The van der Waals surface area contributed by atoms with Gasteiger partial charge in [-0.05, 0) is 49.7 Å². The SMILES string of the molecule is CCCCCC(OC(=O)C1CC2OC2CC1C(=O)OC(CCCCC)c1ccccc1)c1ccccc1. The van der Waals surface area contributed by atoms with Crippen LogP contribution in [0.1, 0.15) is 101 Å². The molecule has 0 radical (unpaired) electrons. The van der Waals surface area contributed by atoms with Gasteiger partial charge in [0.2, 0.25) is 0 Å². The van der Waals surface area contributed by atoms with Crippen molar-refractivity contribution in [2.75, 3.05) is 0 Å². The van der Waals surface area contributed by atoms with Crippen LogP contribution >= 0.6 is 0 Å². The van der Waals surface area contributed by atoms with Crippen LogP contribution < -0.4 is 0 Å². The van der Waals surface area contributed by atoms with Crippen LogP contribution in [0.3, 0.4) is 0 Å². The molecule has 2 fully saturated rings. The average Bonchev–Trinajstić information content (AvgIpc) is 3.71. The summed E-state index contributed by atoms with van der Waals surface area (Å²) in [4.78, 5) is 27.1. The van der Waals surface area contributed by atoms with Gasteiger partial charge in [0.05, 0.1) is 24.0 Å². The zero-order valence-electron chi connectivity index (χ0n) is 22.3. The number of hydrogen-bond acceptors (Lipinski definition) is 5. The predicted octanol–water partition coefficient (Wildman–Crippen LogP) is 7.51. The molecule has 5 heteroatoms. The lowest BCUT2D eigenvalue weighted by molar-refractivity contribution is -0.169. The highest BCUT2D eigenvalue weighted by molar-refractivity contribution is 5.83. The zero-order chi connectivity index (χ0) is 26.0. The molecule has 2 aliphatic rings. The fraction of sp³-hybridized carbons (Fsp3) is 0.562. The van der Waals surface area contributed by atoms with Gasteiger partial charge in [-0.1, -0.05) is 100 Å². The maximum absolute atomic E-state index is 13.6. The Morgan fingerprint density at radius 1 is 0.703 bits per heavy atom. The maximum Gasteiger partial charge on any atom is 0.310 e. The van der Waals surface area contributed by atoms with Crippen LogP contribution in [0.15, 0.2) is 60.7 Å². The van der Waals surface area contributed by atoms with Gasteiger partial charge in [-0.15, -0.1) is 0 Å². The molecule has 0 spiro atoms. The van der Waals surface area contributed by atoms with Gasteiger partial charge in [0.1, 0.15) is 12.2 Å². The molecule has 2 aromatic carbocycles. The number of unbranched alkanes of at least 4 members (excludes halogenated alkanes) is 4. The number of hydrogen-bond donors (Lipinski definition) is 0. The van der Waals surface area contributed by atoms with Crippen LogP contribution in [-0.2, 0) is 23.8 Å². The summed E-state index contributed by atoms with van der Waals surface area (Å²) in [6.45, 7) is 4.33. The van der Waals surface area contributed by atoms with Gasteiger partial charge in [-0.3, -0.25) is 9.59 Å². The number of carbonyl (C=O) groups is 2. The number of esters is 2. The second-order valence-electron chi connectivity index (χ2n) is 10.6. The molecular formula is C32H42O5. The standard InChI is InChI=1S/C32H42O5/c1-3-5-9-19-27(23-15-11-7-12-16-23)36-31(33)25-21-29-30(35-29)22-26(25)32(34)37-28(20-10-6-4-2)24-17-13-8-14-18-24/h7-8,11-18,25-30H,3-6,9-10,19-22H2,1-2H3. The van der Waals surface area contributed by atoms with E-state index in [2.05, 4.69) is 13.8 Å². The molecule has 6 atom stereocenters. The summed E-state index contributed by atoms with van der Waals surface area (Å²) in [5, 5.41) is 0. The molecule has 5 nitrogen and oxygen atoms in total. The van der Waals surface area contributed by atoms with Crippen molar-refractivity contribution in [3.05, 3.63) is 71.8 Å². The minimum absolute atomic E-state index is 0.0475. The average molecular weight is 507 g/mol. The van der Waals surface area contributed by atoms with E-state index in [1.165, 1.54) is 0 Å². The van der Waals surface area contributed by atoms with E-state index >= 15 is 0 Å². The van der Waals surface area contributed by atoms with E-state index in [4.69, 9.17) is 14.2 Å². The molecule has 6 unspecified atom stereocenters. The summed E-state index contributed by atoms with van der Waals surface area (Å²) in [5.41, 5.74) is 2.00. The van der Waals surface area contributed by atoms with Gasteiger partial charge in [-0.25, -0.2) is 0 Å². The molecule has 1 saturated heterocycles. The van der Waals surface area contributed by atoms with Crippen molar-refractivity contribution in [1.82, 2.24) is 0 Å². The first-order valence-corrected chi connectivity index (χ1v) is 14.3. The van der Waals surface area contributed by atoms with Crippen LogP contribution in [0.2, 0.25) is 0 Å². The van der Waals surface area contributed by atoms with E-state index < -0.39 is 11.8 Å². The van der Waals surface area contributed by atoms with Gasteiger partial charge in [-0.2, -0.15) is 0 Å². The number of carbonyl (C=O) groups excluding carboxylic acids is 2. The highest BCUT2D eigenvalue weighted by Gasteiger charge is 2.54. The molecule has 37 heavy (non-hydrogen) atoms. The lowest BCUT2D eigenvalue weighted by Crippen LogP contribution is -2.38. The normalized spacial score (nSPS) is 23.9. The van der Waals surface area contributed by atoms with Crippen molar-refractivity contribution in [1.29, 1.82) is 0 Å². The van der Waals surface area contributed by atoms with Gasteiger partial charge >= 0.3 is 11.9 Å². The number of benzene rings is 2. The molecule has 200 valence electrons. The lowest BCUT2D eigenvalue weighted by Gasteiger charge is -2.30. The first-order valence-electron chi connectivity index (χ1n) is 14.3. The molecule has 0 bridgehead atoms. The molecule has 4 rings (SSSR count). The third-order valence-electron chi connectivity index (χ3n) is 7.75. The Morgan fingerprint density at radius 3 is 1.49 bits per heavy atom. The number of rotatable bonds is 14. The van der Waals surface area contributed by atoms with Crippen LogP contribution in [0.5, 0.6) is 0 Å². The second-order valence-corrected chi connectivity index (χ2v) is 10.6. The summed E-state index contributed by atoms with van der Waals surface area (Å²) in [7, 11) is 0. The summed E-state index contributed by atoms with van der Waals surface area (Å²) in [5.74, 6) is -1.69. The highest BCUT2D eigenvalue weighted by atomic mass is 16.6. The van der Waals surface area contributed by atoms with Crippen molar-refractivity contribution in [3.8, 4) is 0 Å². The minimum Gasteiger partial charge on any atom is -0.457 e. The molecule has 1 aliphatic carbocycles.